The van der Waals surface area contributed by atoms with E-state index in [0.29, 0.717) is 0 Å². The lowest BCUT2D eigenvalue weighted by molar-refractivity contribution is -0.139. The van der Waals surface area contributed by atoms with Crippen LogP contribution >= 0.6 is 0 Å². The van der Waals surface area contributed by atoms with Crippen molar-refractivity contribution >= 4 is 12.1 Å². The Hall–Kier alpha value is -1.56. The molecule has 0 fully saturated rings. The first kappa shape index (κ1) is 11.4. The van der Waals surface area contributed by atoms with E-state index in [0.717, 1.165) is 6.20 Å². The Morgan fingerprint density at radius 2 is 2.15 bits per heavy atom. The molecule has 0 radical (unpaired) electrons. The van der Waals surface area contributed by atoms with Gasteiger partial charge in [0.05, 0.1) is 12.2 Å². The van der Waals surface area contributed by atoms with Crippen LogP contribution in [0.15, 0.2) is 11.8 Å². The lowest BCUT2D eigenvalue weighted by Crippen LogP contribution is -2.20. The van der Waals surface area contributed by atoms with E-state index in [1.165, 1.54) is 6.92 Å². The van der Waals surface area contributed by atoms with Gasteiger partial charge in [0.1, 0.15) is 0 Å². The highest BCUT2D eigenvalue weighted by molar-refractivity contribution is 5.88. The minimum absolute atomic E-state index is 0.176. The molecule has 0 spiro atoms. The van der Waals surface area contributed by atoms with Crippen LogP contribution in [0, 0.1) is 0 Å². The van der Waals surface area contributed by atoms with Gasteiger partial charge in [-0.1, -0.05) is 0 Å². The Balaban J connectivity index is 3.96. The Kier molecular flexibility index (Phi) is 5.29. The van der Waals surface area contributed by atoms with Gasteiger partial charge < -0.3 is 9.57 Å². The molecule has 1 amide bonds. The molecule has 6 nitrogen and oxygen atoms in total. The Bertz CT molecular complexity index is 225. The van der Waals surface area contributed by atoms with Crippen molar-refractivity contribution in [2.45, 2.75) is 13.8 Å². The molecule has 0 bridgehead atoms. The van der Waals surface area contributed by atoms with E-state index in [9.17, 15) is 9.59 Å². The van der Waals surface area contributed by atoms with Crippen molar-refractivity contribution < 1.29 is 19.2 Å². The number of carbonyl (C=O) groups is 2. The zero-order chi connectivity index (χ0) is 10.3. The van der Waals surface area contributed by atoms with Gasteiger partial charge in [0, 0.05) is 6.20 Å². The summed E-state index contributed by atoms with van der Waals surface area (Å²) in [6.07, 6.45) is 0.527. The van der Waals surface area contributed by atoms with Crippen molar-refractivity contribution in [3.05, 3.63) is 11.8 Å². The second-order valence-corrected chi connectivity index (χ2v) is 2.10. The van der Waals surface area contributed by atoms with Crippen LogP contribution in [0.4, 0.5) is 4.79 Å². The van der Waals surface area contributed by atoms with Gasteiger partial charge in [0.15, 0.2) is 0 Å². The van der Waals surface area contributed by atoms with Crippen LogP contribution in [0.25, 0.3) is 0 Å². The molecule has 0 heterocycles. The SMILES string of the molecule is CCOC(=O)NC=C(C)C(=O)ON. The molecular weight excluding hydrogens is 176 g/mol. The zero-order valence-corrected chi connectivity index (χ0v) is 7.49. The summed E-state index contributed by atoms with van der Waals surface area (Å²) >= 11 is 0. The van der Waals surface area contributed by atoms with Gasteiger partial charge in [-0.3, -0.25) is 5.32 Å². The number of alkyl carbamates (subject to hydrolysis) is 1. The van der Waals surface area contributed by atoms with Gasteiger partial charge in [0.2, 0.25) is 0 Å². The summed E-state index contributed by atoms with van der Waals surface area (Å²) in [6.45, 7) is 3.38. The molecule has 0 aliphatic heterocycles. The van der Waals surface area contributed by atoms with E-state index in [4.69, 9.17) is 0 Å². The van der Waals surface area contributed by atoms with E-state index in [1.54, 1.807) is 6.92 Å². The first-order valence-electron chi connectivity index (χ1n) is 3.63. The predicted octanol–water partition coefficient (Wildman–Crippen LogP) is 0.0532. The number of ether oxygens (including phenoxy) is 1. The summed E-state index contributed by atoms with van der Waals surface area (Å²) in [5.74, 6) is 3.89. The van der Waals surface area contributed by atoms with Crippen LogP contribution in [0.2, 0.25) is 0 Å². The van der Waals surface area contributed by atoms with E-state index in [2.05, 4.69) is 20.8 Å². The summed E-state index contributed by atoms with van der Waals surface area (Å²) in [4.78, 5) is 25.3. The topological polar surface area (TPSA) is 90.6 Å². The third-order valence-electron chi connectivity index (χ3n) is 1.11. The summed E-state index contributed by atoms with van der Waals surface area (Å²) in [5.41, 5.74) is 0.176. The molecule has 0 aromatic heterocycles. The molecular formula is C7H12N2O4. The van der Waals surface area contributed by atoms with Crippen LogP contribution in [0.5, 0.6) is 0 Å². The fourth-order valence-corrected chi connectivity index (χ4v) is 0.492. The minimum atomic E-state index is -0.711. The van der Waals surface area contributed by atoms with Gasteiger partial charge in [0.25, 0.3) is 0 Å². The highest BCUT2D eigenvalue weighted by Crippen LogP contribution is 1.91. The smallest absolute Gasteiger partial charge is 0.411 e. The van der Waals surface area contributed by atoms with Crippen molar-refractivity contribution in [3.63, 3.8) is 0 Å². The number of carbonyl (C=O) groups excluding carboxylic acids is 2. The summed E-state index contributed by atoms with van der Waals surface area (Å²) in [5, 5.41) is 2.22. The number of nitrogens with two attached hydrogens (primary N) is 1. The lowest BCUT2D eigenvalue weighted by Gasteiger charge is -2.01. The molecule has 0 atom stereocenters. The van der Waals surface area contributed by atoms with Crippen molar-refractivity contribution in [3.8, 4) is 0 Å². The van der Waals surface area contributed by atoms with E-state index in [-0.39, 0.29) is 12.2 Å². The van der Waals surface area contributed by atoms with Gasteiger partial charge in [-0.05, 0) is 13.8 Å². The Morgan fingerprint density at radius 3 is 2.62 bits per heavy atom. The quantitative estimate of drug-likeness (QED) is 0.482. The van der Waals surface area contributed by atoms with Crippen molar-refractivity contribution in [2.75, 3.05) is 6.61 Å². The molecule has 0 aromatic rings. The van der Waals surface area contributed by atoms with Crippen molar-refractivity contribution in [1.29, 1.82) is 0 Å². The average molecular weight is 188 g/mol. The second-order valence-electron chi connectivity index (χ2n) is 2.10. The molecule has 13 heavy (non-hydrogen) atoms. The Morgan fingerprint density at radius 1 is 1.54 bits per heavy atom. The maximum atomic E-state index is 10.7. The lowest BCUT2D eigenvalue weighted by atomic mass is 10.3. The van der Waals surface area contributed by atoms with Gasteiger partial charge in [-0.2, -0.15) is 5.90 Å². The summed E-state index contributed by atoms with van der Waals surface area (Å²) in [7, 11) is 0. The third-order valence-corrected chi connectivity index (χ3v) is 1.11. The van der Waals surface area contributed by atoms with Crippen LogP contribution in [-0.4, -0.2) is 18.7 Å². The average Bonchev–Trinajstić information content (AvgIpc) is 2.13. The number of amides is 1. The largest absolute Gasteiger partial charge is 0.450 e. The first-order valence-corrected chi connectivity index (χ1v) is 3.63. The van der Waals surface area contributed by atoms with E-state index >= 15 is 0 Å². The Labute approximate surface area is 75.6 Å². The van der Waals surface area contributed by atoms with Crippen LogP contribution in [0.1, 0.15) is 13.8 Å². The number of hydrogen-bond acceptors (Lipinski definition) is 5. The monoisotopic (exact) mass is 188 g/mol. The molecule has 0 saturated carbocycles. The number of nitrogens with one attached hydrogen (secondary N) is 1. The highest BCUT2D eigenvalue weighted by atomic mass is 16.7. The predicted molar refractivity (Wildman–Crippen MR) is 44.2 cm³/mol. The number of rotatable bonds is 3. The molecule has 3 N–H and O–H groups in total. The van der Waals surface area contributed by atoms with E-state index in [1.807, 2.05) is 0 Å². The molecule has 0 aliphatic carbocycles. The molecule has 0 aliphatic rings. The highest BCUT2D eigenvalue weighted by Gasteiger charge is 2.04. The molecule has 0 aromatic carbocycles. The van der Waals surface area contributed by atoms with Crippen LogP contribution < -0.4 is 11.2 Å². The standard InChI is InChI=1S/C7H12N2O4/c1-3-12-7(11)9-4-5(2)6(10)13-8/h4H,3,8H2,1-2H3,(H,9,11). The number of hydrogen-bond donors (Lipinski definition) is 2. The normalized spacial score (nSPS) is 10.5. The van der Waals surface area contributed by atoms with Crippen molar-refractivity contribution in [1.82, 2.24) is 5.32 Å². The first-order chi connectivity index (χ1) is 6.11. The maximum Gasteiger partial charge on any atom is 0.411 e. The van der Waals surface area contributed by atoms with E-state index < -0.39 is 12.1 Å². The minimum Gasteiger partial charge on any atom is -0.450 e. The fraction of sp³-hybridized carbons (Fsp3) is 0.429. The molecule has 6 heteroatoms. The van der Waals surface area contributed by atoms with Gasteiger partial charge in [-0.15, -0.1) is 0 Å². The molecule has 0 saturated heterocycles. The molecule has 0 unspecified atom stereocenters. The van der Waals surface area contributed by atoms with Crippen LogP contribution in [-0.2, 0) is 14.4 Å². The zero-order valence-electron chi connectivity index (χ0n) is 7.49. The van der Waals surface area contributed by atoms with Gasteiger partial charge in [-0.25, -0.2) is 9.59 Å². The summed E-state index contributed by atoms with van der Waals surface area (Å²) < 4.78 is 4.53. The van der Waals surface area contributed by atoms with Crippen molar-refractivity contribution in [2.24, 2.45) is 5.90 Å². The molecule has 0 rings (SSSR count). The molecule has 74 valence electrons. The summed E-state index contributed by atoms with van der Waals surface area (Å²) in [6, 6.07) is 0. The van der Waals surface area contributed by atoms with Crippen LogP contribution in [0.3, 0.4) is 0 Å². The van der Waals surface area contributed by atoms with Gasteiger partial charge >= 0.3 is 12.1 Å². The maximum absolute atomic E-state index is 10.7. The third kappa shape index (κ3) is 4.81. The fourth-order valence-electron chi connectivity index (χ4n) is 0.492. The second kappa shape index (κ2) is 6.01.